The first-order valence-electron chi connectivity index (χ1n) is 7.09. The molecule has 0 spiro atoms. The largest absolute Gasteiger partial charge is 0.340 e. The summed E-state index contributed by atoms with van der Waals surface area (Å²) in [6.07, 6.45) is 6.10. The van der Waals surface area contributed by atoms with Crippen molar-refractivity contribution in [2.75, 3.05) is 20.1 Å². The van der Waals surface area contributed by atoms with Crippen LogP contribution in [-0.4, -0.2) is 47.9 Å². The Morgan fingerprint density at radius 1 is 1.28 bits per heavy atom. The fourth-order valence-corrected chi connectivity index (χ4v) is 3.70. The second kappa shape index (κ2) is 4.24. The molecule has 0 aromatic heterocycles. The molecule has 4 heteroatoms. The molecule has 1 aliphatic carbocycles. The molecular weight excluding hydrogens is 226 g/mol. The van der Waals surface area contributed by atoms with Crippen molar-refractivity contribution in [2.24, 2.45) is 5.41 Å². The van der Waals surface area contributed by atoms with Gasteiger partial charge in [-0.1, -0.05) is 0 Å². The van der Waals surface area contributed by atoms with Gasteiger partial charge in [0.2, 0.25) is 5.91 Å². The van der Waals surface area contributed by atoms with Gasteiger partial charge in [-0.15, -0.1) is 0 Å². The predicted molar refractivity (Wildman–Crippen MR) is 67.7 cm³/mol. The van der Waals surface area contributed by atoms with Crippen molar-refractivity contribution >= 4 is 5.91 Å². The minimum absolute atomic E-state index is 0.109. The topological polar surface area (TPSA) is 47.3 Å². The van der Waals surface area contributed by atoms with Crippen molar-refractivity contribution < 1.29 is 4.79 Å². The zero-order valence-electron chi connectivity index (χ0n) is 11.1. The van der Waals surface area contributed by atoms with Crippen LogP contribution in [0.5, 0.6) is 0 Å². The fourth-order valence-electron chi connectivity index (χ4n) is 3.70. The Kier molecular flexibility index (Phi) is 2.82. The summed E-state index contributed by atoms with van der Waals surface area (Å²) in [4.78, 5) is 17.0. The van der Waals surface area contributed by atoms with Gasteiger partial charge >= 0.3 is 0 Å². The van der Waals surface area contributed by atoms with Crippen LogP contribution in [0.25, 0.3) is 0 Å². The maximum absolute atomic E-state index is 12.6. The summed E-state index contributed by atoms with van der Waals surface area (Å²) in [7, 11) is 2.18. The van der Waals surface area contributed by atoms with E-state index in [1.165, 1.54) is 12.8 Å². The van der Waals surface area contributed by atoms with Crippen LogP contribution in [0.4, 0.5) is 0 Å². The van der Waals surface area contributed by atoms with Gasteiger partial charge in [0.05, 0.1) is 6.07 Å². The first kappa shape index (κ1) is 12.0. The highest BCUT2D eigenvalue weighted by molar-refractivity contribution is 5.86. The van der Waals surface area contributed by atoms with Gasteiger partial charge in [0.25, 0.3) is 0 Å². The maximum Gasteiger partial charge on any atom is 0.243 e. The van der Waals surface area contributed by atoms with Crippen LogP contribution in [0, 0.1) is 16.7 Å². The van der Waals surface area contributed by atoms with E-state index in [2.05, 4.69) is 18.0 Å². The highest BCUT2D eigenvalue weighted by atomic mass is 16.2. The van der Waals surface area contributed by atoms with Crippen molar-refractivity contribution in [3.8, 4) is 6.07 Å². The van der Waals surface area contributed by atoms with Crippen molar-refractivity contribution in [3.05, 3.63) is 0 Å². The highest BCUT2D eigenvalue weighted by Gasteiger charge is 2.48. The Labute approximate surface area is 109 Å². The number of likely N-dealkylation sites (N-methyl/N-ethyl adjacent to an activating group) is 1. The molecule has 98 valence electrons. The third-order valence-corrected chi connectivity index (χ3v) is 5.27. The van der Waals surface area contributed by atoms with Crippen LogP contribution in [0.15, 0.2) is 0 Å². The molecule has 0 N–H and O–H groups in total. The van der Waals surface area contributed by atoms with E-state index in [-0.39, 0.29) is 5.91 Å². The number of carbonyl (C=O) groups excluding carboxylic acids is 1. The Morgan fingerprint density at radius 2 is 2.00 bits per heavy atom. The van der Waals surface area contributed by atoms with Crippen molar-refractivity contribution in [1.29, 1.82) is 5.26 Å². The number of likely N-dealkylation sites (tertiary alicyclic amines) is 1. The molecule has 2 unspecified atom stereocenters. The zero-order valence-corrected chi connectivity index (χ0v) is 11.1. The predicted octanol–water partition coefficient (Wildman–Crippen LogP) is 1.38. The molecule has 3 fully saturated rings. The second-order valence-electron chi connectivity index (χ2n) is 6.14. The first-order chi connectivity index (χ1) is 8.66. The van der Waals surface area contributed by atoms with Crippen molar-refractivity contribution in [1.82, 2.24) is 9.80 Å². The van der Waals surface area contributed by atoms with E-state index < -0.39 is 5.41 Å². The van der Waals surface area contributed by atoms with Crippen LogP contribution in [-0.2, 0) is 4.79 Å². The molecule has 2 bridgehead atoms. The summed E-state index contributed by atoms with van der Waals surface area (Å²) in [6, 6.07) is 3.44. The molecule has 1 amide bonds. The second-order valence-corrected chi connectivity index (χ2v) is 6.14. The molecule has 3 rings (SSSR count). The van der Waals surface area contributed by atoms with Gasteiger partial charge in [0, 0.05) is 25.2 Å². The third kappa shape index (κ3) is 1.65. The Hall–Kier alpha value is -1.08. The lowest BCUT2D eigenvalue weighted by molar-refractivity contribution is -0.143. The maximum atomic E-state index is 12.6. The van der Waals surface area contributed by atoms with Crippen LogP contribution in [0.1, 0.15) is 38.5 Å². The molecule has 0 aromatic rings. The van der Waals surface area contributed by atoms with E-state index >= 15 is 0 Å². The summed E-state index contributed by atoms with van der Waals surface area (Å²) >= 11 is 0. The third-order valence-electron chi connectivity index (χ3n) is 5.27. The van der Waals surface area contributed by atoms with Crippen molar-refractivity contribution in [2.45, 2.75) is 50.6 Å². The van der Waals surface area contributed by atoms with Crippen molar-refractivity contribution in [3.63, 3.8) is 0 Å². The lowest BCUT2D eigenvalue weighted by Crippen LogP contribution is -2.49. The van der Waals surface area contributed by atoms with E-state index in [0.29, 0.717) is 12.1 Å². The van der Waals surface area contributed by atoms with Gasteiger partial charge in [-0.3, -0.25) is 9.69 Å². The summed E-state index contributed by atoms with van der Waals surface area (Å²) in [5, 5.41) is 9.28. The molecule has 18 heavy (non-hydrogen) atoms. The molecule has 4 nitrogen and oxygen atoms in total. The zero-order chi connectivity index (χ0) is 12.8. The summed E-state index contributed by atoms with van der Waals surface area (Å²) in [5.74, 6) is 0.109. The van der Waals surface area contributed by atoms with Gasteiger partial charge in [0.15, 0.2) is 0 Å². The van der Waals surface area contributed by atoms with E-state index in [9.17, 15) is 10.1 Å². The average Bonchev–Trinajstić information content (AvgIpc) is 2.52. The molecule has 0 radical (unpaired) electrons. The monoisotopic (exact) mass is 247 g/mol. The van der Waals surface area contributed by atoms with Gasteiger partial charge in [-0.25, -0.2) is 0 Å². The molecule has 3 aliphatic rings. The van der Waals surface area contributed by atoms with E-state index in [1.807, 2.05) is 4.90 Å². The summed E-state index contributed by atoms with van der Waals surface area (Å²) in [5.41, 5.74) is -0.665. The number of hydrogen-bond acceptors (Lipinski definition) is 3. The molecule has 2 atom stereocenters. The lowest BCUT2D eigenvalue weighted by Gasteiger charge is -2.38. The Morgan fingerprint density at radius 3 is 2.61 bits per heavy atom. The van der Waals surface area contributed by atoms with Gasteiger partial charge < -0.3 is 4.90 Å². The fraction of sp³-hybridized carbons (Fsp3) is 0.857. The van der Waals surface area contributed by atoms with E-state index in [1.54, 1.807) is 0 Å². The van der Waals surface area contributed by atoms with Gasteiger partial charge in [0.1, 0.15) is 5.41 Å². The molecule has 0 aromatic carbocycles. The number of amides is 1. The molecule has 2 heterocycles. The van der Waals surface area contributed by atoms with E-state index in [4.69, 9.17) is 0 Å². The smallest absolute Gasteiger partial charge is 0.243 e. The number of carbonyl (C=O) groups is 1. The Bertz CT molecular complexity index is 396. The normalized spacial score (nSPS) is 34.6. The Balaban J connectivity index is 1.74. The number of nitriles is 1. The van der Waals surface area contributed by atoms with Crippen LogP contribution >= 0.6 is 0 Å². The molecular formula is C14H21N3O. The van der Waals surface area contributed by atoms with E-state index in [0.717, 1.165) is 38.8 Å². The number of fused-ring (bicyclic) bond motifs is 2. The first-order valence-corrected chi connectivity index (χ1v) is 7.09. The number of hydrogen-bond donors (Lipinski definition) is 0. The number of rotatable bonds is 1. The van der Waals surface area contributed by atoms with Gasteiger partial charge in [-0.2, -0.15) is 5.26 Å². The highest BCUT2D eigenvalue weighted by Crippen LogP contribution is 2.42. The average molecular weight is 247 g/mol. The van der Waals surface area contributed by atoms with Crippen LogP contribution in [0.3, 0.4) is 0 Å². The van der Waals surface area contributed by atoms with Gasteiger partial charge in [-0.05, 0) is 45.6 Å². The molecule has 2 saturated heterocycles. The molecule has 1 saturated carbocycles. The lowest BCUT2D eigenvalue weighted by atomic mass is 9.69. The van der Waals surface area contributed by atoms with Crippen LogP contribution in [0.2, 0.25) is 0 Å². The summed E-state index contributed by atoms with van der Waals surface area (Å²) < 4.78 is 0. The summed E-state index contributed by atoms with van der Waals surface area (Å²) in [6.45, 7) is 1.67. The standard InChI is InChI=1S/C14H21N3O/c1-16-11-3-4-12(16)9-17(8-5-11)13(18)14(10-15)6-2-7-14/h11-12H,2-9H2,1H3. The molecule has 2 aliphatic heterocycles. The quantitative estimate of drug-likeness (QED) is 0.703. The SMILES string of the molecule is CN1C2CCC1CN(C(=O)C1(C#N)CCC1)CC2. The van der Waals surface area contributed by atoms with Crippen LogP contribution < -0.4 is 0 Å². The number of nitrogens with zero attached hydrogens (tertiary/aromatic N) is 3. The minimum Gasteiger partial charge on any atom is -0.340 e. The minimum atomic E-state index is -0.665.